The van der Waals surface area contributed by atoms with Gasteiger partial charge in [0.05, 0.1) is 13.2 Å². The van der Waals surface area contributed by atoms with Gasteiger partial charge in [-0.2, -0.15) is 0 Å². The van der Waals surface area contributed by atoms with Crippen molar-refractivity contribution in [3.63, 3.8) is 0 Å². The zero-order chi connectivity index (χ0) is 15.5. The molecule has 116 valence electrons. The second-order valence-corrected chi connectivity index (χ2v) is 5.60. The summed E-state index contributed by atoms with van der Waals surface area (Å²) in [4.78, 5) is 22.1. The van der Waals surface area contributed by atoms with Gasteiger partial charge in [-0.05, 0) is 44.2 Å². The molecule has 0 unspecified atom stereocenters. The van der Waals surface area contributed by atoms with E-state index in [1.165, 1.54) is 17.4 Å². The molecule has 1 aromatic carbocycles. The average molecular weight is 298 g/mol. The first-order valence-electron chi connectivity index (χ1n) is 6.67. The van der Waals surface area contributed by atoms with Crippen LogP contribution < -0.4 is 10.2 Å². The van der Waals surface area contributed by atoms with E-state index < -0.39 is 11.7 Å². The van der Waals surface area contributed by atoms with Gasteiger partial charge in [-0.1, -0.05) is 0 Å². The Morgan fingerprint density at radius 3 is 2.95 bits per heavy atom. The molecule has 1 aromatic rings. The lowest BCUT2D eigenvalue weighted by Gasteiger charge is -2.20. The number of carbonyl (C=O) groups excluding carboxylic acids is 1. The minimum Gasteiger partial charge on any atom is -0.444 e. The van der Waals surface area contributed by atoms with Gasteiger partial charge < -0.3 is 14.9 Å². The van der Waals surface area contributed by atoms with Crippen molar-refractivity contribution in [3.05, 3.63) is 29.6 Å². The lowest BCUT2D eigenvalue weighted by molar-refractivity contribution is -0.311. The lowest BCUT2D eigenvalue weighted by atomic mass is 10.2. The first-order valence-corrected chi connectivity index (χ1v) is 6.67. The van der Waals surface area contributed by atoms with Gasteiger partial charge in [0.2, 0.25) is 0 Å². The molecule has 0 atom stereocenters. The largest absolute Gasteiger partial charge is 0.444 e. The number of nitrogens with zero attached hydrogens (tertiary/aromatic N) is 1. The highest BCUT2D eigenvalue weighted by Gasteiger charge is 2.22. The quantitative estimate of drug-likeness (QED) is 0.865. The van der Waals surface area contributed by atoms with E-state index in [0.717, 1.165) is 5.56 Å². The van der Waals surface area contributed by atoms with E-state index in [4.69, 9.17) is 14.4 Å². The third-order valence-corrected chi connectivity index (χ3v) is 2.53. The summed E-state index contributed by atoms with van der Waals surface area (Å²) >= 11 is 0. The predicted octanol–water partition coefficient (Wildman–Crippen LogP) is 2.39. The van der Waals surface area contributed by atoms with Crippen LogP contribution in [0.15, 0.2) is 18.2 Å². The van der Waals surface area contributed by atoms with Crippen LogP contribution in [0.25, 0.3) is 0 Å². The smallest absolute Gasteiger partial charge is 0.407 e. The van der Waals surface area contributed by atoms with E-state index in [2.05, 4.69) is 5.32 Å². The summed E-state index contributed by atoms with van der Waals surface area (Å²) in [5.74, 6) is 0.252. The number of fused-ring (bicyclic) bond motifs is 1. The molecular formula is C14H19FN2O4. The Morgan fingerprint density at radius 1 is 1.48 bits per heavy atom. The number of carbonyl (C=O) groups is 1. The summed E-state index contributed by atoms with van der Waals surface area (Å²) < 4.78 is 18.1. The average Bonchev–Trinajstić information content (AvgIpc) is 2.74. The summed E-state index contributed by atoms with van der Waals surface area (Å²) in [7, 11) is 0. The van der Waals surface area contributed by atoms with Crippen molar-refractivity contribution in [2.75, 3.05) is 13.2 Å². The van der Waals surface area contributed by atoms with Crippen molar-refractivity contribution in [3.8, 4) is 5.75 Å². The third kappa shape index (κ3) is 4.87. The molecule has 0 bridgehead atoms. The van der Waals surface area contributed by atoms with Crippen LogP contribution in [0.1, 0.15) is 26.3 Å². The van der Waals surface area contributed by atoms with Crippen LogP contribution in [0.4, 0.5) is 9.18 Å². The van der Waals surface area contributed by atoms with Crippen LogP contribution in [0, 0.1) is 5.82 Å². The number of alkyl carbamates (subject to hydrolysis) is 1. The molecule has 21 heavy (non-hydrogen) atoms. The highest BCUT2D eigenvalue weighted by Crippen LogP contribution is 2.28. The first kappa shape index (κ1) is 15.5. The highest BCUT2D eigenvalue weighted by molar-refractivity contribution is 5.67. The maximum atomic E-state index is 13.0. The maximum Gasteiger partial charge on any atom is 0.407 e. The van der Waals surface area contributed by atoms with Gasteiger partial charge in [0.15, 0.2) is 5.75 Å². The molecule has 0 radical (unpaired) electrons. The Hall–Kier alpha value is -1.86. The fourth-order valence-electron chi connectivity index (χ4n) is 1.73. The van der Waals surface area contributed by atoms with Crippen molar-refractivity contribution in [1.29, 1.82) is 0 Å². The normalized spacial score (nSPS) is 14.5. The summed E-state index contributed by atoms with van der Waals surface area (Å²) in [5.41, 5.74) is 0.185. The van der Waals surface area contributed by atoms with Gasteiger partial charge in [-0.3, -0.25) is 4.84 Å². The van der Waals surface area contributed by atoms with Gasteiger partial charge in [0.1, 0.15) is 11.4 Å². The van der Waals surface area contributed by atoms with Crippen LogP contribution >= 0.6 is 0 Å². The number of ether oxygens (including phenoxy) is 1. The van der Waals surface area contributed by atoms with Gasteiger partial charge in [0.25, 0.3) is 0 Å². The number of nitrogens with one attached hydrogen (secondary N) is 1. The fraction of sp³-hybridized carbons (Fsp3) is 0.500. The van der Waals surface area contributed by atoms with E-state index in [-0.39, 0.29) is 19.0 Å². The van der Waals surface area contributed by atoms with E-state index >= 15 is 0 Å². The predicted molar refractivity (Wildman–Crippen MR) is 72.8 cm³/mol. The molecule has 7 heteroatoms. The van der Waals surface area contributed by atoms with Crippen molar-refractivity contribution in [2.45, 2.75) is 32.9 Å². The van der Waals surface area contributed by atoms with Crippen LogP contribution in [-0.4, -0.2) is 30.1 Å². The Bertz CT molecular complexity index is 516. The minimum atomic E-state index is -0.533. The molecule has 2 rings (SSSR count). The number of hydrogen-bond acceptors (Lipinski definition) is 5. The van der Waals surface area contributed by atoms with Gasteiger partial charge in [0, 0.05) is 12.1 Å². The number of amides is 1. The van der Waals surface area contributed by atoms with Crippen molar-refractivity contribution < 1.29 is 23.6 Å². The van der Waals surface area contributed by atoms with Crippen LogP contribution in [0.2, 0.25) is 0 Å². The second kappa shape index (κ2) is 6.28. The molecule has 1 amide bonds. The van der Waals surface area contributed by atoms with Crippen LogP contribution in [-0.2, 0) is 16.1 Å². The summed E-state index contributed by atoms with van der Waals surface area (Å²) in [6.07, 6.45) is -0.501. The van der Waals surface area contributed by atoms with Gasteiger partial charge in [-0.15, -0.1) is 0 Å². The SMILES string of the molecule is CC(C)(C)OC(=O)NCCON1Cc2cc(F)ccc2O1. The highest BCUT2D eigenvalue weighted by atomic mass is 19.1. The number of halogens is 1. The maximum absolute atomic E-state index is 13.0. The molecule has 0 fully saturated rings. The standard InChI is InChI=1S/C14H19FN2O4/c1-14(2,3)20-13(18)16-6-7-19-17-9-10-8-11(15)4-5-12(10)21-17/h4-5,8H,6-7,9H2,1-3H3,(H,16,18). The minimum absolute atomic E-state index is 0.218. The van der Waals surface area contributed by atoms with Crippen molar-refractivity contribution in [2.24, 2.45) is 0 Å². The molecule has 1 aliphatic heterocycles. The Labute approximate surface area is 122 Å². The first-order chi connectivity index (χ1) is 9.83. The van der Waals surface area contributed by atoms with Gasteiger partial charge >= 0.3 is 6.09 Å². The second-order valence-electron chi connectivity index (χ2n) is 5.60. The van der Waals surface area contributed by atoms with Crippen LogP contribution in [0.3, 0.4) is 0 Å². The fourth-order valence-corrected chi connectivity index (χ4v) is 1.73. The van der Waals surface area contributed by atoms with E-state index in [0.29, 0.717) is 12.3 Å². The summed E-state index contributed by atoms with van der Waals surface area (Å²) in [6.45, 7) is 6.20. The number of hydrogen-bond donors (Lipinski definition) is 1. The molecule has 6 nitrogen and oxygen atoms in total. The molecule has 1 N–H and O–H groups in total. The number of benzene rings is 1. The zero-order valence-corrected chi connectivity index (χ0v) is 12.3. The van der Waals surface area contributed by atoms with Crippen molar-refractivity contribution in [1.82, 2.24) is 10.5 Å². The number of rotatable bonds is 4. The van der Waals surface area contributed by atoms with E-state index in [1.807, 2.05) is 0 Å². The Kier molecular flexibility index (Phi) is 4.64. The molecule has 1 aliphatic rings. The van der Waals surface area contributed by atoms with E-state index in [9.17, 15) is 9.18 Å². The third-order valence-electron chi connectivity index (χ3n) is 2.53. The zero-order valence-electron chi connectivity index (χ0n) is 12.3. The molecule has 0 aliphatic carbocycles. The lowest BCUT2D eigenvalue weighted by Crippen LogP contribution is -2.35. The topological polar surface area (TPSA) is 60.0 Å². The molecule has 1 heterocycles. The van der Waals surface area contributed by atoms with Crippen molar-refractivity contribution >= 4 is 6.09 Å². The summed E-state index contributed by atoms with van der Waals surface area (Å²) in [6, 6.07) is 4.27. The Balaban J connectivity index is 1.66. The van der Waals surface area contributed by atoms with Crippen LogP contribution in [0.5, 0.6) is 5.75 Å². The number of hydroxylamine groups is 2. The van der Waals surface area contributed by atoms with E-state index in [1.54, 1.807) is 26.8 Å². The monoisotopic (exact) mass is 298 g/mol. The summed E-state index contributed by atoms with van der Waals surface area (Å²) in [5, 5.41) is 3.82. The molecular weight excluding hydrogens is 279 g/mol. The Morgan fingerprint density at radius 2 is 2.24 bits per heavy atom. The van der Waals surface area contributed by atoms with Gasteiger partial charge in [-0.25, -0.2) is 9.18 Å². The molecule has 0 saturated carbocycles. The molecule has 0 saturated heterocycles. The molecule has 0 spiro atoms. The molecule has 0 aromatic heterocycles.